The number of anilines is 1. The number of ketones is 1. The summed E-state index contributed by atoms with van der Waals surface area (Å²) < 4.78 is 40.4. The number of carbonyl (C=O) groups excluding carboxylic acids is 2. The summed E-state index contributed by atoms with van der Waals surface area (Å²) in [5.41, 5.74) is 0.536. The van der Waals surface area contributed by atoms with Gasteiger partial charge in [0.25, 0.3) is 0 Å². The van der Waals surface area contributed by atoms with E-state index >= 15 is 0 Å². The number of amides is 1. The van der Waals surface area contributed by atoms with Gasteiger partial charge in [0.15, 0.2) is 5.78 Å². The van der Waals surface area contributed by atoms with Gasteiger partial charge in [-0.25, -0.2) is 0 Å². The van der Waals surface area contributed by atoms with Gasteiger partial charge in [-0.05, 0) is 37.3 Å². The molecule has 0 aromatic heterocycles. The molecule has 0 aliphatic rings. The zero-order valence-electron chi connectivity index (χ0n) is 12.9. The molecular weight excluding hydrogens is 359 g/mol. The average molecular weight is 372 g/mol. The molecule has 2 aromatic rings. The second kappa shape index (κ2) is 7.57. The van der Waals surface area contributed by atoms with E-state index in [4.69, 9.17) is 11.6 Å². The molecule has 0 fully saturated rings. The van der Waals surface area contributed by atoms with E-state index in [9.17, 15) is 22.8 Å². The first-order valence-corrected chi connectivity index (χ1v) is 7.50. The number of nitrogens with one attached hydrogen (secondary N) is 1. The molecule has 0 aliphatic carbocycles. The molecule has 4 nitrogen and oxygen atoms in total. The van der Waals surface area contributed by atoms with Gasteiger partial charge in [-0.15, -0.1) is 13.2 Å². The Kier molecular flexibility index (Phi) is 5.69. The average Bonchev–Trinajstić information content (AvgIpc) is 2.55. The number of hydrogen-bond acceptors (Lipinski definition) is 3. The van der Waals surface area contributed by atoms with Crippen molar-refractivity contribution in [2.24, 2.45) is 5.92 Å². The lowest BCUT2D eigenvalue weighted by Crippen LogP contribution is -2.27. The second-order valence-corrected chi connectivity index (χ2v) is 5.54. The number of rotatable bonds is 5. The minimum absolute atomic E-state index is 0.00948. The van der Waals surface area contributed by atoms with Crippen LogP contribution in [-0.2, 0) is 4.79 Å². The summed E-state index contributed by atoms with van der Waals surface area (Å²) in [7, 11) is 0. The number of benzene rings is 2. The summed E-state index contributed by atoms with van der Waals surface area (Å²) in [5.74, 6) is -2.78. The largest absolute Gasteiger partial charge is 0.573 e. The van der Waals surface area contributed by atoms with Crippen molar-refractivity contribution >= 4 is 29.0 Å². The maximum atomic E-state index is 12.3. The quantitative estimate of drug-likeness (QED) is 0.612. The Morgan fingerprint density at radius 2 is 1.76 bits per heavy atom. The van der Waals surface area contributed by atoms with Crippen molar-refractivity contribution in [3.8, 4) is 5.75 Å². The molecule has 0 bridgehead atoms. The summed E-state index contributed by atoms with van der Waals surface area (Å²) in [5, 5.41) is 2.21. The van der Waals surface area contributed by atoms with E-state index in [1.54, 1.807) is 30.3 Å². The molecule has 1 amide bonds. The number of halogens is 4. The molecule has 25 heavy (non-hydrogen) atoms. The van der Waals surface area contributed by atoms with Crippen LogP contribution in [0, 0.1) is 5.92 Å². The number of Topliss-reactive ketones (excluding diaryl/α,β-unsaturated/α-hetero) is 1. The Labute approximate surface area is 146 Å². The molecule has 1 atom stereocenters. The van der Waals surface area contributed by atoms with Gasteiger partial charge in [-0.1, -0.05) is 29.8 Å². The van der Waals surface area contributed by atoms with Crippen molar-refractivity contribution in [3.63, 3.8) is 0 Å². The summed E-state index contributed by atoms with van der Waals surface area (Å²) >= 11 is 5.72. The second-order valence-electron chi connectivity index (χ2n) is 5.13. The van der Waals surface area contributed by atoms with Gasteiger partial charge >= 0.3 is 6.36 Å². The first-order valence-electron chi connectivity index (χ1n) is 7.13. The molecular formula is C17H13ClF3NO3. The number of alkyl halides is 3. The zero-order chi connectivity index (χ0) is 18.6. The maximum absolute atomic E-state index is 12.3. The topological polar surface area (TPSA) is 55.4 Å². The molecule has 0 heterocycles. The lowest BCUT2D eigenvalue weighted by molar-refractivity contribution is -0.274. The van der Waals surface area contributed by atoms with Crippen molar-refractivity contribution < 1.29 is 27.5 Å². The van der Waals surface area contributed by atoms with Crippen LogP contribution in [0.2, 0.25) is 5.02 Å². The van der Waals surface area contributed by atoms with Crippen LogP contribution in [0.15, 0.2) is 48.5 Å². The number of carbonyl (C=O) groups is 2. The predicted octanol–water partition coefficient (Wildman–Crippen LogP) is 4.70. The summed E-state index contributed by atoms with van der Waals surface area (Å²) in [6, 6.07) is 11.6. The molecule has 0 saturated carbocycles. The first kappa shape index (κ1) is 18.8. The SMILES string of the molecule is CC(C(=O)Nc1ccccc1)C(=O)c1ccc(OC(F)(F)F)c(Cl)c1. The molecule has 0 radical (unpaired) electrons. The summed E-state index contributed by atoms with van der Waals surface area (Å²) in [6.45, 7) is 1.40. The fraction of sp³-hybridized carbons (Fsp3) is 0.176. The summed E-state index contributed by atoms with van der Waals surface area (Å²) in [6.07, 6.45) is -4.89. The van der Waals surface area contributed by atoms with Gasteiger partial charge in [0.1, 0.15) is 5.75 Å². The molecule has 0 saturated heterocycles. The highest BCUT2D eigenvalue weighted by molar-refractivity contribution is 6.32. The van der Waals surface area contributed by atoms with E-state index < -0.39 is 29.7 Å². The van der Waals surface area contributed by atoms with Crippen molar-refractivity contribution in [3.05, 3.63) is 59.1 Å². The molecule has 0 aliphatic heterocycles. The monoisotopic (exact) mass is 371 g/mol. The fourth-order valence-electron chi connectivity index (χ4n) is 2.00. The van der Waals surface area contributed by atoms with Crippen molar-refractivity contribution in [1.29, 1.82) is 0 Å². The van der Waals surface area contributed by atoms with Gasteiger partial charge in [-0.2, -0.15) is 0 Å². The molecule has 8 heteroatoms. The zero-order valence-corrected chi connectivity index (χ0v) is 13.7. The Balaban J connectivity index is 2.11. The minimum Gasteiger partial charge on any atom is -0.404 e. The number of hydrogen-bond donors (Lipinski definition) is 1. The van der Waals surface area contributed by atoms with Gasteiger partial charge in [0.05, 0.1) is 10.9 Å². The first-order chi connectivity index (χ1) is 11.7. The Morgan fingerprint density at radius 1 is 1.12 bits per heavy atom. The molecule has 0 spiro atoms. The third kappa shape index (κ3) is 5.22. The van der Waals surface area contributed by atoms with Crippen LogP contribution in [0.25, 0.3) is 0 Å². The van der Waals surface area contributed by atoms with Crippen LogP contribution >= 0.6 is 11.6 Å². The molecule has 1 unspecified atom stereocenters. The molecule has 2 rings (SSSR count). The maximum Gasteiger partial charge on any atom is 0.573 e. The third-order valence-electron chi connectivity index (χ3n) is 3.27. The van der Waals surface area contributed by atoms with Gasteiger partial charge in [0.2, 0.25) is 5.91 Å². The van der Waals surface area contributed by atoms with E-state index in [1.807, 2.05) is 0 Å². The van der Waals surface area contributed by atoms with Gasteiger partial charge < -0.3 is 10.1 Å². The van der Waals surface area contributed by atoms with Crippen LogP contribution in [0.4, 0.5) is 18.9 Å². The van der Waals surface area contributed by atoms with Crippen LogP contribution in [0.1, 0.15) is 17.3 Å². The molecule has 132 valence electrons. The lowest BCUT2D eigenvalue weighted by atomic mass is 9.98. The van der Waals surface area contributed by atoms with E-state index in [2.05, 4.69) is 10.1 Å². The Morgan fingerprint density at radius 3 is 2.32 bits per heavy atom. The van der Waals surface area contributed by atoms with E-state index in [-0.39, 0.29) is 10.6 Å². The lowest BCUT2D eigenvalue weighted by Gasteiger charge is -2.13. The fourth-order valence-corrected chi connectivity index (χ4v) is 2.22. The van der Waals surface area contributed by atoms with Crippen LogP contribution in [0.3, 0.4) is 0 Å². The molecule has 2 aromatic carbocycles. The van der Waals surface area contributed by atoms with E-state index in [1.165, 1.54) is 6.92 Å². The predicted molar refractivity (Wildman–Crippen MR) is 86.7 cm³/mol. The van der Waals surface area contributed by atoms with Crippen LogP contribution in [0.5, 0.6) is 5.75 Å². The van der Waals surface area contributed by atoms with E-state index in [0.717, 1.165) is 18.2 Å². The van der Waals surface area contributed by atoms with Crippen molar-refractivity contribution in [2.45, 2.75) is 13.3 Å². The van der Waals surface area contributed by atoms with E-state index in [0.29, 0.717) is 5.69 Å². The normalized spacial score (nSPS) is 12.4. The number of ether oxygens (including phenoxy) is 1. The van der Waals surface area contributed by atoms with Gasteiger partial charge in [-0.3, -0.25) is 9.59 Å². The van der Waals surface area contributed by atoms with Crippen molar-refractivity contribution in [2.75, 3.05) is 5.32 Å². The van der Waals surface area contributed by atoms with Crippen molar-refractivity contribution in [1.82, 2.24) is 0 Å². The minimum atomic E-state index is -4.89. The summed E-state index contributed by atoms with van der Waals surface area (Å²) in [4.78, 5) is 24.5. The van der Waals surface area contributed by atoms with Crippen LogP contribution in [-0.4, -0.2) is 18.1 Å². The Bertz CT molecular complexity index is 778. The highest BCUT2D eigenvalue weighted by Gasteiger charge is 2.32. The highest BCUT2D eigenvalue weighted by Crippen LogP contribution is 2.31. The molecule has 1 N–H and O–H groups in total. The smallest absolute Gasteiger partial charge is 0.404 e. The van der Waals surface area contributed by atoms with Gasteiger partial charge in [0, 0.05) is 11.3 Å². The van der Waals surface area contributed by atoms with Crippen LogP contribution < -0.4 is 10.1 Å². The highest BCUT2D eigenvalue weighted by atomic mass is 35.5. The number of para-hydroxylation sites is 1. The third-order valence-corrected chi connectivity index (χ3v) is 3.57. The Hall–Kier alpha value is -2.54. The standard InChI is InChI=1S/C17H13ClF3NO3/c1-10(16(24)22-12-5-3-2-4-6-12)15(23)11-7-8-14(13(18)9-11)25-17(19,20)21/h2-10H,1H3,(H,22,24).